The van der Waals surface area contributed by atoms with E-state index in [0.717, 1.165) is 12.0 Å². The first-order valence-electron chi connectivity index (χ1n) is 3.37. The van der Waals surface area contributed by atoms with E-state index < -0.39 is 5.97 Å². The lowest BCUT2D eigenvalue weighted by molar-refractivity contribution is -0.132. The van der Waals surface area contributed by atoms with E-state index in [0.29, 0.717) is 5.57 Å². The van der Waals surface area contributed by atoms with Gasteiger partial charge in [0.15, 0.2) is 0 Å². The molecule has 1 rings (SSSR count). The van der Waals surface area contributed by atoms with Gasteiger partial charge in [-0.1, -0.05) is 12.2 Å². The van der Waals surface area contributed by atoms with Crippen molar-refractivity contribution in [3.05, 3.63) is 23.3 Å². The smallest absolute Gasteiger partial charge is 0.335 e. The molecule has 0 fully saturated rings. The molecule has 1 aliphatic rings. The summed E-state index contributed by atoms with van der Waals surface area (Å²) >= 11 is 5.74. The van der Waals surface area contributed by atoms with Crippen LogP contribution in [-0.4, -0.2) is 16.5 Å². The van der Waals surface area contributed by atoms with Crippen LogP contribution >= 0.6 is 11.6 Å². The van der Waals surface area contributed by atoms with Crippen LogP contribution < -0.4 is 0 Å². The molecule has 0 bridgehead atoms. The van der Waals surface area contributed by atoms with Crippen LogP contribution in [0, 0.1) is 0 Å². The Kier molecular flexibility index (Phi) is 2.35. The Morgan fingerprint density at radius 1 is 1.82 bits per heavy atom. The molecule has 0 aromatic carbocycles. The fraction of sp³-hybridized carbons (Fsp3) is 0.375. The molecule has 0 aromatic heterocycles. The van der Waals surface area contributed by atoms with E-state index in [1.807, 2.05) is 6.08 Å². The number of hydrogen-bond donors (Lipinski definition) is 1. The van der Waals surface area contributed by atoms with E-state index in [9.17, 15) is 4.79 Å². The summed E-state index contributed by atoms with van der Waals surface area (Å²) in [4.78, 5) is 10.5. The standard InChI is InChI=1S/C8H9ClO2/c1-5-2-3-6(9)4-7(5)8(10)11/h2,4,6H,3H2,1H3,(H,10,11). The van der Waals surface area contributed by atoms with Crippen molar-refractivity contribution >= 4 is 17.6 Å². The molecule has 3 heteroatoms. The molecule has 2 nitrogen and oxygen atoms in total. The molecule has 11 heavy (non-hydrogen) atoms. The summed E-state index contributed by atoms with van der Waals surface area (Å²) in [5.41, 5.74) is 1.13. The predicted octanol–water partition coefficient (Wildman–Crippen LogP) is 1.95. The highest BCUT2D eigenvalue weighted by Gasteiger charge is 2.15. The van der Waals surface area contributed by atoms with Crippen LogP contribution in [0.1, 0.15) is 13.3 Å². The minimum atomic E-state index is -0.899. The van der Waals surface area contributed by atoms with Gasteiger partial charge in [0.1, 0.15) is 0 Å². The third-order valence-corrected chi connectivity index (χ3v) is 1.96. The van der Waals surface area contributed by atoms with Crippen molar-refractivity contribution in [1.82, 2.24) is 0 Å². The maximum atomic E-state index is 10.5. The lowest BCUT2D eigenvalue weighted by Gasteiger charge is -2.11. The van der Waals surface area contributed by atoms with Gasteiger partial charge in [-0.2, -0.15) is 0 Å². The quantitative estimate of drug-likeness (QED) is 0.614. The molecule has 0 amide bonds. The number of carboxylic acid groups (broad SMARTS) is 1. The van der Waals surface area contributed by atoms with Crippen LogP contribution in [-0.2, 0) is 4.79 Å². The van der Waals surface area contributed by atoms with Gasteiger partial charge in [0.2, 0.25) is 0 Å². The average molecular weight is 173 g/mol. The van der Waals surface area contributed by atoms with Crippen molar-refractivity contribution in [2.75, 3.05) is 0 Å². The van der Waals surface area contributed by atoms with Crippen LogP contribution in [0.15, 0.2) is 23.3 Å². The Labute approximate surface area is 70.2 Å². The maximum absolute atomic E-state index is 10.5. The van der Waals surface area contributed by atoms with E-state index in [2.05, 4.69) is 0 Å². The van der Waals surface area contributed by atoms with E-state index >= 15 is 0 Å². The Bertz CT molecular complexity index is 240. The molecule has 1 N–H and O–H groups in total. The van der Waals surface area contributed by atoms with Crippen molar-refractivity contribution in [3.8, 4) is 0 Å². The second kappa shape index (κ2) is 3.09. The molecule has 0 aromatic rings. The van der Waals surface area contributed by atoms with Gasteiger partial charge >= 0.3 is 5.97 Å². The number of rotatable bonds is 1. The van der Waals surface area contributed by atoms with E-state index in [4.69, 9.17) is 16.7 Å². The highest BCUT2D eigenvalue weighted by atomic mass is 35.5. The predicted molar refractivity (Wildman–Crippen MR) is 43.7 cm³/mol. The second-order valence-electron chi connectivity index (χ2n) is 2.52. The van der Waals surface area contributed by atoms with E-state index in [1.165, 1.54) is 0 Å². The first-order valence-corrected chi connectivity index (χ1v) is 3.81. The summed E-state index contributed by atoms with van der Waals surface area (Å²) in [6.45, 7) is 1.78. The minimum absolute atomic E-state index is 0.162. The molecule has 1 unspecified atom stereocenters. The molecular formula is C8H9ClO2. The molecule has 0 spiro atoms. The first kappa shape index (κ1) is 8.34. The first-order chi connectivity index (χ1) is 5.11. The molecule has 0 heterocycles. The van der Waals surface area contributed by atoms with Gasteiger partial charge in [0.05, 0.1) is 11.0 Å². The lowest BCUT2D eigenvalue weighted by atomic mass is 9.99. The second-order valence-corrected chi connectivity index (χ2v) is 3.08. The summed E-state index contributed by atoms with van der Waals surface area (Å²) in [6, 6.07) is 0. The van der Waals surface area contributed by atoms with Crippen LogP contribution in [0.3, 0.4) is 0 Å². The molecular weight excluding hydrogens is 164 g/mol. The molecule has 0 radical (unpaired) electrons. The number of carboxylic acids is 1. The molecule has 1 atom stereocenters. The van der Waals surface area contributed by atoms with Crippen LogP contribution in [0.25, 0.3) is 0 Å². The third kappa shape index (κ3) is 1.84. The summed E-state index contributed by atoms with van der Waals surface area (Å²) in [6.07, 6.45) is 4.16. The minimum Gasteiger partial charge on any atom is -0.478 e. The normalized spacial score (nSPS) is 24.0. The monoisotopic (exact) mass is 172 g/mol. The number of carbonyl (C=O) groups is 1. The van der Waals surface area contributed by atoms with Gasteiger partial charge < -0.3 is 5.11 Å². The van der Waals surface area contributed by atoms with Gasteiger partial charge in [0.25, 0.3) is 0 Å². The molecule has 0 saturated heterocycles. The zero-order chi connectivity index (χ0) is 8.43. The lowest BCUT2D eigenvalue weighted by Crippen LogP contribution is -2.09. The largest absolute Gasteiger partial charge is 0.478 e. The number of hydrogen-bond acceptors (Lipinski definition) is 1. The maximum Gasteiger partial charge on any atom is 0.335 e. The summed E-state index contributed by atoms with van der Waals surface area (Å²) in [5.74, 6) is -0.899. The number of aliphatic carboxylic acids is 1. The number of halogens is 1. The van der Waals surface area contributed by atoms with Gasteiger partial charge in [-0.05, 0) is 18.9 Å². The SMILES string of the molecule is CC1=CCC(Cl)C=C1C(=O)O. The summed E-state index contributed by atoms with van der Waals surface area (Å²) in [5, 5.41) is 8.50. The Hall–Kier alpha value is -0.760. The topological polar surface area (TPSA) is 37.3 Å². The Balaban J connectivity index is 2.90. The van der Waals surface area contributed by atoms with E-state index in [1.54, 1.807) is 13.0 Å². The molecule has 60 valence electrons. The van der Waals surface area contributed by atoms with E-state index in [-0.39, 0.29) is 5.38 Å². The van der Waals surface area contributed by atoms with Gasteiger partial charge in [0, 0.05) is 0 Å². The van der Waals surface area contributed by atoms with Crippen molar-refractivity contribution in [3.63, 3.8) is 0 Å². The van der Waals surface area contributed by atoms with Crippen LogP contribution in [0.2, 0.25) is 0 Å². The van der Waals surface area contributed by atoms with Crippen molar-refractivity contribution in [2.24, 2.45) is 0 Å². The van der Waals surface area contributed by atoms with Crippen LogP contribution in [0.5, 0.6) is 0 Å². The van der Waals surface area contributed by atoms with Gasteiger partial charge in [-0.3, -0.25) is 0 Å². The zero-order valence-electron chi connectivity index (χ0n) is 6.17. The fourth-order valence-electron chi connectivity index (χ4n) is 1.02. The Morgan fingerprint density at radius 3 is 2.91 bits per heavy atom. The van der Waals surface area contributed by atoms with Crippen molar-refractivity contribution in [2.45, 2.75) is 18.7 Å². The summed E-state index contributed by atoms with van der Waals surface area (Å²) < 4.78 is 0. The van der Waals surface area contributed by atoms with Gasteiger partial charge in [-0.25, -0.2) is 4.79 Å². The van der Waals surface area contributed by atoms with Crippen LogP contribution in [0.4, 0.5) is 0 Å². The Morgan fingerprint density at radius 2 is 2.45 bits per heavy atom. The van der Waals surface area contributed by atoms with Crippen molar-refractivity contribution in [1.29, 1.82) is 0 Å². The average Bonchev–Trinajstić information content (AvgIpc) is 1.94. The number of allylic oxidation sites excluding steroid dienone is 2. The highest BCUT2D eigenvalue weighted by molar-refractivity contribution is 6.22. The van der Waals surface area contributed by atoms with Gasteiger partial charge in [-0.15, -0.1) is 11.6 Å². The number of alkyl halides is 1. The molecule has 1 aliphatic carbocycles. The third-order valence-electron chi connectivity index (χ3n) is 1.65. The van der Waals surface area contributed by atoms with Crippen molar-refractivity contribution < 1.29 is 9.90 Å². The molecule has 0 aliphatic heterocycles. The summed E-state index contributed by atoms with van der Waals surface area (Å²) in [7, 11) is 0. The fourth-order valence-corrected chi connectivity index (χ4v) is 1.23. The zero-order valence-corrected chi connectivity index (χ0v) is 6.93. The highest BCUT2D eigenvalue weighted by Crippen LogP contribution is 2.21. The molecule has 0 saturated carbocycles.